The van der Waals surface area contributed by atoms with Gasteiger partial charge in [-0.15, -0.1) is 11.3 Å². The van der Waals surface area contributed by atoms with E-state index in [1.807, 2.05) is 0 Å². The first kappa shape index (κ1) is 14.1. The number of sulfonamides is 1. The molecular formula is C8H11NO6S2. The normalized spacial score (nSPS) is 13.5. The summed E-state index contributed by atoms with van der Waals surface area (Å²) in [6, 6.07) is 1.03. The van der Waals surface area contributed by atoms with Crippen molar-refractivity contribution < 1.29 is 28.5 Å². The van der Waals surface area contributed by atoms with E-state index < -0.39 is 28.7 Å². The van der Waals surface area contributed by atoms with E-state index in [4.69, 9.17) is 15.3 Å². The number of aliphatic hydroxyl groups is 2. The number of aliphatic hydroxyl groups excluding tert-OH is 2. The first-order chi connectivity index (χ1) is 7.86. The highest BCUT2D eigenvalue weighted by atomic mass is 32.2. The number of carboxylic acids is 1. The van der Waals surface area contributed by atoms with Gasteiger partial charge in [-0.3, -0.25) is 0 Å². The molecule has 0 fully saturated rings. The molecule has 17 heavy (non-hydrogen) atoms. The number of nitrogens with one attached hydrogen (secondary N) is 1. The summed E-state index contributed by atoms with van der Waals surface area (Å²) in [6.07, 6.45) is -1.19. The van der Waals surface area contributed by atoms with Crippen molar-refractivity contribution in [2.75, 3.05) is 13.2 Å². The molecule has 0 saturated carbocycles. The zero-order valence-electron chi connectivity index (χ0n) is 8.53. The third-order valence-corrected chi connectivity index (χ3v) is 4.67. The fraction of sp³-hybridized carbons (Fsp3) is 0.375. The molecule has 1 rings (SSSR count). The van der Waals surface area contributed by atoms with Gasteiger partial charge in [-0.2, -0.15) is 0 Å². The summed E-state index contributed by atoms with van der Waals surface area (Å²) in [7, 11) is -3.84. The van der Waals surface area contributed by atoms with Gasteiger partial charge in [0.25, 0.3) is 0 Å². The zero-order valence-corrected chi connectivity index (χ0v) is 10.2. The number of aromatic carboxylic acids is 1. The molecule has 0 bridgehead atoms. The largest absolute Gasteiger partial charge is 0.478 e. The number of hydrogen-bond acceptors (Lipinski definition) is 6. The molecule has 4 N–H and O–H groups in total. The minimum atomic E-state index is -3.84. The van der Waals surface area contributed by atoms with Crippen LogP contribution in [0.5, 0.6) is 0 Å². The van der Waals surface area contributed by atoms with Gasteiger partial charge in [0.05, 0.1) is 18.3 Å². The average molecular weight is 281 g/mol. The van der Waals surface area contributed by atoms with E-state index in [9.17, 15) is 13.2 Å². The molecule has 1 unspecified atom stereocenters. The lowest BCUT2D eigenvalue weighted by Gasteiger charge is -2.08. The molecule has 1 heterocycles. The van der Waals surface area contributed by atoms with Crippen LogP contribution >= 0.6 is 11.3 Å². The van der Waals surface area contributed by atoms with Crippen molar-refractivity contribution in [3.63, 3.8) is 0 Å². The van der Waals surface area contributed by atoms with E-state index in [0.717, 1.165) is 17.4 Å². The molecule has 0 radical (unpaired) electrons. The Balaban J connectivity index is 2.79. The molecule has 96 valence electrons. The lowest BCUT2D eigenvalue weighted by Crippen LogP contribution is -2.33. The van der Waals surface area contributed by atoms with Crippen LogP contribution in [-0.4, -0.2) is 49.0 Å². The van der Waals surface area contributed by atoms with Crippen molar-refractivity contribution in [2.45, 2.75) is 10.3 Å². The summed E-state index contributed by atoms with van der Waals surface area (Å²) in [5.41, 5.74) is -0.113. The minimum absolute atomic E-state index is 0.113. The maximum atomic E-state index is 11.6. The first-order valence-electron chi connectivity index (χ1n) is 4.47. The highest BCUT2D eigenvalue weighted by Gasteiger charge is 2.19. The average Bonchev–Trinajstić information content (AvgIpc) is 2.76. The fourth-order valence-corrected chi connectivity index (χ4v) is 3.18. The summed E-state index contributed by atoms with van der Waals surface area (Å²) >= 11 is 0.769. The quantitative estimate of drug-likeness (QED) is 0.534. The van der Waals surface area contributed by atoms with Crippen molar-refractivity contribution in [1.82, 2.24) is 4.72 Å². The number of carbonyl (C=O) groups is 1. The van der Waals surface area contributed by atoms with E-state index in [1.165, 1.54) is 5.38 Å². The van der Waals surface area contributed by atoms with Crippen LogP contribution in [0.15, 0.2) is 15.7 Å². The summed E-state index contributed by atoms with van der Waals surface area (Å²) in [4.78, 5) is 10.6. The van der Waals surface area contributed by atoms with Gasteiger partial charge in [0.15, 0.2) is 0 Å². The third-order valence-electron chi connectivity index (χ3n) is 1.81. The first-order valence-corrected chi connectivity index (χ1v) is 6.83. The molecule has 0 spiro atoms. The minimum Gasteiger partial charge on any atom is -0.478 e. The lowest BCUT2D eigenvalue weighted by molar-refractivity contribution is 0.0697. The monoisotopic (exact) mass is 281 g/mol. The Kier molecular flexibility index (Phi) is 4.60. The Hall–Kier alpha value is -1.00. The zero-order chi connectivity index (χ0) is 13.1. The van der Waals surface area contributed by atoms with Gasteiger partial charge in [-0.1, -0.05) is 0 Å². The van der Waals surface area contributed by atoms with Crippen LogP contribution in [0.25, 0.3) is 0 Å². The summed E-state index contributed by atoms with van der Waals surface area (Å²) in [6.45, 7) is -0.896. The van der Waals surface area contributed by atoms with Crippen LogP contribution in [0.2, 0.25) is 0 Å². The van der Waals surface area contributed by atoms with Crippen LogP contribution in [0, 0.1) is 0 Å². The standard InChI is InChI=1S/C8H11NO6S2/c10-3-6(11)2-9-17(14,15)7-1-5(4-16-7)8(12)13/h1,4,6,9-11H,2-3H2,(H,12,13). The topological polar surface area (TPSA) is 124 Å². The van der Waals surface area contributed by atoms with E-state index in [-0.39, 0.29) is 16.3 Å². The van der Waals surface area contributed by atoms with E-state index in [1.54, 1.807) is 0 Å². The number of hydrogen-bond donors (Lipinski definition) is 4. The summed E-state index contributed by atoms with van der Waals surface area (Å²) in [5.74, 6) is -1.21. The molecule has 1 aromatic heterocycles. The number of thiophene rings is 1. The van der Waals surface area contributed by atoms with Crippen molar-refractivity contribution in [2.24, 2.45) is 0 Å². The van der Waals surface area contributed by atoms with Gasteiger partial charge >= 0.3 is 5.97 Å². The maximum Gasteiger partial charge on any atom is 0.336 e. The molecular weight excluding hydrogens is 270 g/mol. The lowest BCUT2D eigenvalue weighted by atomic mass is 10.4. The molecule has 0 aromatic carbocycles. The number of rotatable bonds is 6. The molecule has 0 aliphatic carbocycles. The van der Waals surface area contributed by atoms with Gasteiger partial charge in [0, 0.05) is 11.9 Å². The molecule has 0 amide bonds. The van der Waals surface area contributed by atoms with E-state index in [0.29, 0.717) is 0 Å². The molecule has 9 heteroatoms. The van der Waals surface area contributed by atoms with Crippen molar-refractivity contribution in [1.29, 1.82) is 0 Å². The molecule has 7 nitrogen and oxygen atoms in total. The van der Waals surface area contributed by atoms with Crippen molar-refractivity contribution >= 4 is 27.3 Å². The van der Waals surface area contributed by atoms with Gasteiger partial charge in [0.1, 0.15) is 4.21 Å². The van der Waals surface area contributed by atoms with Crippen LogP contribution in [0.1, 0.15) is 10.4 Å². The predicted molar refractivity (Wildman–Crippen MR) is 59.6 cm³/mol. The molecule has 0 aliphatic rings. The van der Waals surface area contributed by atoms with Gasteiger partial charge in [0.2, 0.25) is 10.0 Å². The Labute approximate surface area is 101 Å². The van der Waals surface area contributed by atoms with Crippen molar-refractivity contribution in [3.05, 3.63) is 17.0 Å². The Morgan fingerprint density at radius 3 is 2.65 bits per heavy atom. The maximum absolute atomic E-state index is 11.6. The van der Waals surface area contributed by atoms with Crippen LogP contribution in [-0.2, 0) is 10.0 Å². The predicted octanol–water partition coefficient (Wildman–Crippen LogP) is -0.922. The Morgan fingerprint density at radius 1 is 1.53 bits per heavy atom. The SMILES string of the molecule is O=C(O)c1csc(S(=O)(=O)NCC(O)CO)c1. The van der Waals surface area contributed by atoms with Gasteiger partial charge in [-0.05, 0) is 6.07 Å². The molecule has 0 aliphatic heterocycles. The number of carboxylic acid groups (broad SMARTS) is 1. The molecule has 1 aromatic rings. The second-order valence-electron chi connectivity index (χ2n) is 3.15. The van der Waals surface area contributed by atoms with Crippen molar-refractivity contribution in [3.8, 4) is 0 Å². The smallest absolute Gasteiger partial charge is 0.336 e. The second kappa shape index (κ2) is 5.56. The molecule has 0 saturated heterocycles. The molecule has 1 atom stereocenters. The second-order valence-corrected chi connectivity index (χ2v) is 6.05. The Bertz CT molecular complexity index is 494. The third kappa shape index (κ3) is 3.75. The van der Waals surface area contributed by atoms with Crippen LogP contribution in [0.4, 0.5) is 0 Å². The summed E-state index contributed by atoms with van der Waals surface area (Å²) < 4.78 is 25.1. The Morgan fingerprint density at radius 2 is 2.18 bits per heavy atom. The fourth-order valence-electron chi connectivity index (χ4n) is 0.911. The van der Waals surface area contributed by atoms with Crippen LogP contribution < -0.4 is 4.72 Å². The van der Waals surface area contributed by atoms with Crippen LogP contribution in [0.3, 0.4) is 0 Å². The highest BCUT2D eigenvalue weighted by Crippen LogP contribution is 2.19. The van der Waals surface area contributed by atoms with Gasteiger partial charge in [-0.25, -0.2) is 17.9 Å². The highest BCUT2D eigenvalue weighted by molar-refractivity contribution is 7.91. The van der Waals surface area contributed by atoms with Gasteiger partial charge < -0.3 is 15.3 Å². The summed E-state index contributed by atoms with van der Waals surface area (Å²) in [5, 5.41) is 27.4. The van der Waals surface area contributed by atoms with E-state index >= 15 is 0 Å². The van der Waals surface area contributed by atoms with E-state index in [2.05, 4.69) is 4.72 Å².